The van der Waals surface area contributed by atoms with E-state index in [2.05, 4.69) is 17.1 Å². The van der Waals surface area contributed by atoms with Crippen molar-refractivity contribution in [1.29, 1.82) is 0 Å². The Morgan fingerprint density at radius 2 is 1.96 bits per heavy atom. The Kier molecular flexibility index (Phi) is 6.50. The summed E-state index contributed by atoms with van der Waals surface area (Å²) in [6.45, 7) is 13.6. The van der Waals surface area contributed by atoms with Gasteiger partial charge in [-0.25, -0.2) is 10.2 Å². The summed E-state index contributed by atoms with van der Waals surface area (Å²) in [7, 11) is 0. The Balaban J connectivity index is 2.75. The van der Waals surface area contributed by atoms with Gasteiger partial charge in [-0.15, -0.1) is 0 Å². The lowest BCUT2D eigenvalue weighted by Gasteiger charge is -2.22. The Hall–Kier alpha value is -1.93. The van der Waals surface area contributed by atoms with Gasteiger partial charge in [-0.3, -0.25) is 4.79 Å². The average Bonchev–Trinajstić information content (AvgIpc) is 2.68. The average molecular weight is 342 g/mol. The number of hydrazone groups is 1. The van der Waals surface area contributed by atoms with Gasteiger partial charge in [-0.2, -0.15) is 5.10 Å². The van der Waals surface area contributed by atoms with Gasteiger partial charge in [-0.1, -0.05) is 6.58 Å². The van der Waals surface area contributed by atoms with Crippen molar-refractivity contribution in [3.63, 3.8) is 0 Å². The van der Waals surface area contributed by atoms with Crippen LogP contribution in [0.3, 0.4) is 0 Å². The van der Waals surface area contributed by atoms with E-state index in [4.69, 9.17) is 18.9 Å². The molecule has 0 radical (unpaired) electrons. The summed E-state index contributed by atoms with van der Waals surface area (Å²) in [5.74, 6) is -1.36. The molecule has 1 rings (SSSR count). The molecule has 1 N–H and O–H groups in total. The molecule has 1 saturated heterocycles. The van der Waals surface area contributed by atoms with E-state index in [-0.39, 0.29) is 0 Å². The highest BCUT2D eigenvalue weighted by Gasteiger charge is 2.45. The summed E-state index contributed by atoms with van der Waals surface area (Å²) in [6, 6.07) is 0. The maximum atomic E-state index is 11.6. The summed E-state index contributed by atoms with van der Waals surface area (Å²) in [5, 5.41) is 3.82. The number of nitrogens with one attached hydrogen (secondary N) is 1. The summed E-state index contributed by atoms with van der Waals surface area (Å²) in [4.78, 5) is 22.8. The van der Waals surface area contributed by atoms with E-state index in [1.165, 1.54) is 19.2 Å². The zero-order valence-electron chi connectivity index (χ0n) is 15.0. The van der Waals surface area contributed by atoms with Gasteiger partial charge >= 0.3 is 12.1 Å². The standard InChI is InChI=1S/C16H26N2O6/c1-8-11(21-10(2)19)13-12(22-16(6,7)23-13)9-17-18-14(20)24-15(3,4)5/h8-9,11-13H,1H2,2-7H3,(H,18,20)/b17-9+/t11-,12-,13+/m1/s1. The van der Waals surface area contributed by atoms with E-state index in [1.807, 2.05) is 0 Å². The van der Waals surface area contributed by atoms with Crippen LogP contribution in [-0.4, -0.2) is 48.0 Å². The lowest BCUT2D eigenvalue weighted by Crippen LogP contribution is -2.38. The smallest absolute Gasteiger partial charge is 0.428 e. The number of hydrogen-bond donors (Lipinski definition) is 1. The second-order valence-corrected chi connectivity index (χ2v) is 6.77. The van der Waals surface area contributed by atoms with E-state index >= 15 is 0 Å². The first-order valence-corrected chi connectivity index (χ1v) is 7.61. The molecule has 136 valence electrons. The molecule has 8 nitrogen and oxygen atoms in total. The van der Waals surface area contributed by atoms with Crippen LogP contribution in [0.2, 0.25) is 0 Å². The van der Waals surface area contributed by atoms with Gasteiger partial charge in [0, 0.05) is 6.92 Å². The number of nitrogens with zero attached hydrogens (tertiary/aromatic N) is 1. The lowest BCUT2D eigenvalue weighted by molar-refractivity contribution is -0.164. The van der Waals surface area contributed by atoms with Gasteiger partial charge in [0.1, 0.15) is 23.9 Å². The molecule has 24 heavy (non-hydrogen) atoms. The number of rotatable bonds is 5. The summed E-state index contributed by atoms with van der Waals surface area (Å²) >= 11 is 0. The van der Waals surface area contributed by atoms with Gasteiger partial charge in [0.2, 0.25) is 0 Å². The van der Waals surface area contributed by atoms with Gasteiger partial charge in [-0.05, 0) is 40.7 Å². The van der Waals surface area contributed by atoms with E-state index < -0.39 is 41.8 Å². The maximum Gasteiger partial charge on any atom is 0.428 e. The molecule has 0 aromatic carbocycles. The number of carbonyl (C=O) groups excluding carboxylic acids is 2. The lowest BCUT2D eigenvalue weighted by atomic mass is 10.1. The molecule has 0 saturated carbocycles. The van der Waals surface area contributed by atoms with Crippen LogP contribution in [0.5, 0.6) is 0 Å². The largest absolute Gasteiger partial charge is 0.455 e. The molecule has 1 fully saturated rings. The highest BCUT2D eigenvalue weighted by molar-refractivity contribution is 5.71. The van der Waals surface area contributed by atoms with Crippen LogP contribution in [0.25, 0.3) is 0 Å². The van der Waals surface area contributed by atoms with Crippen molar-refractivity contribution in [3.05, 3.63) is 12.7 Å². The van der Waals surface area contributed by atoms with Crippen LogP contribution in [0.4, 0.5) is 4.79 Å². The van der Waals surface area contributed by atoms with E-state index in [9.17, 15) is 9.59 Å². The molecular formula is C16H26N2O6. The first kappa shape index (κ1) is 20.1. The van der Waals surface area contributed by atoms with Gasteiger partial charge in [0.15, 0.2) is 5.79 Å². The van der Waals surface area contributed by atoms with E-state index in [0.29, 0.717) is 0 Å². The molecule has 3 atom stereocenters. The second-order valence-electron chi connectivity index (χ2n) is 6.77. The fourth-order valence-electron chi connectivity index (χ4n) is 2.09. The number of carbonyl (C=O) groups is 2. The molecule has 0 aromatic heterocycles. The highest BCUT2D eigenvalue weighted by atomic mass is 16.8. The molecule has 0 aromatic rings. The van der Waals surface area contributed by atoms with Crippen molar-refractivity contribution < 1.29 is 28.5 Å². The first-order valence-electron chi connectivity index (χ1n) is 7.61. The number of ether oxygens (including phenoxy) is 4. The quantitative estimate of drug-likeness (QED) is 0.356. The summed E-state index contributed by atoms with van der Waals surface area (Å²) < 4.78 is 21.7. The van der Waals surface area contributed by atoms with Gasteiger partial charge in [0.25, 0.3) is 0 Å². The van der Waals surface area contributed by atoms with Gasteiger partial charge in [0.05, 0.1) is 6.21 Å². The topological polar surface area (TPSA) is 95.5 Å². The van der Waals surface area contributed by atoms with E-state index in [0.717, 1.165) is 0 Å². The van der Waals surface area contributed by atoms with E-state index in [1.54, 1.807) is 34.6 Å². The number of hydrogen-bond acceptors (Lipinski definition) is 7. The third-order valence-electron chi connectivity index (χ3n) is 2.80. The molecule has 1 amide bonds. The Morgan fingerprint density at radius 3 is 2.46 bits per heavy atom. The monoisotopic (exact) mass is 342 g/mol. The van der Waals surface area contributed by atoms with Crippen molar-refractivity contribution >= 4 is 18.3 Å². The third-order valence-corrected chi connectivity index (χ3v) is 2.80. The molecule has 1 heterocycles. The normalized spacial score (nSPS) is 24.4. The summed E-state index contributed by atoms with van der Waals surface area (Å²) in [6.07, 6.45) is 0.154. The van der Waals surface area contributed by atoms with Crippen LogP contribution < -0.4 is 5.43 Å². The second kappa shape index (κ2) is 7.76. The minimum Gasteiger partial charge on any atom is -0.455 e. The minimum absolute atomic E-state index is 0.462. The first-order chi connectivity index (χ1) is 10.9. The molecule has 0 aliphatic carbocycles. The minimum atomic E-state index is -0.894. The highest BCUT2D eigenvalue weighted by Crippen LogP contribution is 2.30. The van der Waals surface area contributed by atoms with Crippen LogP contribution in [0.1, 0.15) is 41.5 Å². The Bertz CT molecular complexity index is 509. The van der Waals surface area contributed by atoms with Crippen molar-refractivity contribution in [2.24, 2.45) is 5.10 Å². The van der Waals surface area contributed by atoms with Crippen molar-refractivity contribution in [2.75, 3.05) is 0 Å². The molecule has 8 heteroatoms. The Morgan fingerprint density at radius 1 is 1.33 bits per heavy atom. The predicted octanol–water partition coefficient (Wildman–Crippen LogP) is 2.13. The van der Waals surface area contributed by atoms with Crippen LogP contribution in [-0.2, 0) is 23.7 Å². The molecule has 1 aliphatic heterocycles. The van der Waals surface area contributed by atoms with Gasteiger partial charge < -0.3 is 18.9 Å². The number of esters is 1. The zero-order valence-corrected chi connectivity index (χ0v) is 15.0. The number of amides is 1. The molecular weight excluding hydrogens is 316 g/mol. The molecule has 0 unspecified atom stereocenters. The zero-order chi connectivity index (χ0) is 18.5. The van der Waals surface area contributed by atoms with Crippen molar-refractivity contribution in [2.45, 2.75) is 71.2 Å². The molecule has 1 aliphatic rings. The SMILES string of the molecule is C=C[C@@H](OC(C)=O)[C@@H]1OC(C)(C)O[C@@H]1/C=N/NC(=O)OC(C)(C)C. The van der Waals surface area contributed by atoms with Crippen molar-refractivity contribution in [1.82, 2.24) is 5.43 Å². The molecule has 0 spiro atoms. The van der Waals surface area contributed by atoms with Crippen LogP contribution in [0, 0.1) is 0 Å². The van der Waals surface area contributed by atoms with Crippen LogP contribution in [0.15, 0.2) is 17.8 Å². The fourth-order valence-corrected chi connectivity index (χ4v) is 2.09. The van der Waals surface area contributed by atoms with Crippen LogP contribution >= 0.6 is 0 Å². The predicted molar refractivity (Wildman–Crippen MR) is 87.4 cm³/mol. The fraction of sp³-hybridized carbons (Fsp3) is 0.688. The Labute approximate surface area is 142 Å². The third kappa shape index (κ3) is 6.67. The maximum absolute atomic E-state index is 11.6. The summed E-state index contributed by atoms with van der Waals surface area (Å²) in [5.41, 5.74) is 1.63. The molecule has 0 bridgehead atoms. The van der Waals surface area contributed by atoms with Crippen molar-refractivity contribution in [3.8, 4) is 0 Å².